The molecule has 0 spiro atoms. The molecule has 0 amide bonds. The van der Waals surface area contributed by atoms with Gasteiger partial charge in [-0.1, -0.05) is 0 Å². The van der Waals surface area contributed by atoms with E-state index in [1.807, 2.05) is 0 Å². The van der Waals surface area contributed by atoms with Crippen molar-refractivity contribution in [3.63, 3.8) is 0 Å². The lowest BCUT2D eigenvalue weighted by Gasteiger charge is -1.82. The average Bonchev–Trinajstić information content (AvgIpc) is 1.65. The highest BCUT2D eigenvalue weighted by molar-refractivity contribution is 7.94. The summed E-state index contributed by atoms with van der Waals surface area (Å²) in [4.78, 5) is 12.3. The molecule has 0 aromatic heterocycles. The number of carbonyl (C=O) groups excluding carboxylic acids is 1. The molecule has 42 valence electrons. The van der Waals surface area contributed by atoms with Crippen LogP contribution in [0.4, 0.5) is 4.79 Å². The van der Waals surface area contributed by atoms with Crippen molar-refractivity contribution >= 4 is 16.4 Å². The summed E-state index contributed by atoms with van der Waals surface area (Å²) in [5, 5.41) is 5.73. The second kappa shape index (κ2) is 2.67. The van der Waals surface area contributed by atoms with Crippen LogP contribution in [0, 0.1) is 0 Å². The number of carbonyl (C=O) groups is 1. The SMILES string of the molecule is O=C(OO)S(=O)O. The molecule has 0 aromatic carbocycles. The first kappa shape index (κ1) is 6.54. The maximum Gasteiger partial charge on any atom is 0.455 e. The Bertz CT molecular complexity index is 96.3. The molecule has 0 saturated heterocycles. The van der Waals surface area contributed by atoms with Gasteiger partial charge >= 0.3 is 5.30 Å². The summed E-state index contributed by atoms with van der Waals surface area (Å²) in [6, 6.07) is 0. The molecule has 1 unspecified atom stereocenters. The second-order valence-electron chi connectivity index (χ2n) is 0.590. The van der Waals surface area contributed by atoms with Crippen LogP contribution in [0.2, 0.25) is 0 Å². The maximum absolute atomic E-state index is 9.49. The average molecular weight is 126 g/mol. The van der Waals surface area contributed by atoms with Gasteiger partial charge in [0.05, 0.1) is 0 Å². The van der Waals surface area contributed by atoms with Crippen molar-refractivity contribution in [2.24, 2.45) is 0 Å². The van der Waals surface area contributed by atoms with Crippen LogP contribution >= 0.6 is 0 Å². The van der Waals surface area contributed by atoms with Gasteiger partial charge in [-0.3, -0.25) is 9.44 Å². The van der Waals surface area contributed by atoms with Gasteiger partial charge in [0.25, 0.3) is 11.1 Å². The Morgan fingerprint density at radius 3 is 2.14 bits per heavy atom. The highest BCUT2D eigenvalue weighted by atomic mass is 32.2. The molecular weight excluding hydrogens is 124 g/mol. The molecule has 6 heteroatoms. The van der Waals surface area contributed by atoms with Gasteiger partial charge in [-0.05, 0) is 0 Å². The smallest absolute Gasteiger partial charge is 0.297 e. The lowest BCUT2D eigenvalue weighted by atomic mass is 11.6. The van der Waals surface area contributed by atoms with Gasteiger partial charge in [0.1, 0.15) is 0 Å². The Labute approximate surface area is 41.1 Å². The van der Waals surface area contributed by atoms with E-state index < -0.39 is 16.4 Å². The van der Waals surface area contributed by atoms with Gasteiger partial charge in [-0.2, -0.15) is 5.26 Å². The third-order valence-corrected chi connectivity index (χ3v) is 0.577. The zero-order valence-corrected chi connectivity index (χ0v) is 3.84. The highest BCUT2D eigenvalue weighted by Crippen LogP contribution is 1.78. The molecule has 0 aromatic rings. The molecule has 0 aliphatic carbocycles. The Balaban J connectivity index is 3.58. The van der Waals surface area contributed by atoms with Gasteiger partial charge in [-0.15, -0.1) is 0 Å². The van der Waals surface area contributed by atoms with Crippen molar-refractivity contribution in [2.75, 3.05) is 0 Å². The minimum atomic E-state index is -2.72. The monoisotopic (exact) mass is 126 g/mol. The lowest BCUT2D eigenvalue weighted by molar-refractivity contribution is -0.167. The van der Waals surface area contributed by atoms with E-state index in [1.165, 1.54) is 0 Å². The van der Waals surface area contributed by atoms with Gasteiger partial charge < -0.3 is 0 Å². The maximum atomic E-state index is 9.49. The summed E-state index contributed by atoms with van der Waals surface area (Å²) in [7, 11) is 0. The van der Waals surface area contributed by atoms with Crippen LogP contribution in [0.1, 0.15) is 0 Å². The molecule has 0 saturated carbocycles. The second-order valence-corrected chi connectivity index (χ2v) is 1.42. The molecule has 0 aliphatic heterocycles. The Hall–Kier alpha value is -0.460. The fraction of sp³-hybridized carbons (Fsp3) is 0. The summed E-state index contributed by atoms with van der Waals surface area (Å²) >= 11 is -2.72. The normalized spacial score (nSPS) is 12.9. The van der Waals surface area contributed by atoms with E-state index in [0.717, 1.165) is 0 Å². The van der Waals surface area contributed by atoms with Crippen molar-refractivity contribution in [3.05, 3.63) is 0 Å². The quantitative estimate of drug-likeness (QED) is 0.267. The number of hydrogen-bond acceptors (Lipinski definition) is 4. The molecule has 2 N–H and O–H groups in total. The van der Waals surface area contributed by atoms with E-state index in [1.54, 1.807) is 0 Å². The molecular formula is CH2O5S. The third-order valence-electron chi connectivity index (χ3n) is 0.217. The van der Waals surface area contributed by atoms with E-state index >= 15 is 0 Å². The van der Waals surface area contributed by atoms with Crippen molar-refractivity contribution in [1.29, 1.82) is 0 Å². The van der Waals surface area contributed by atoms with Crippen molar-refractivity contribution in [3.8, 4) is 0 Å². The standard InChI is InChI=1S/CH2O5S/c2-1(6-3)7(4)5/h3H,(H,4,5). The molecule has 1 atom stereocenters. The zero-order chi connectivity index (χ0) is 5.86. The van der Waals surface area contributed by atoms with E-state index in [0.29, 0.717) is 0 Å². The van der Waals surface area contributed by atoms with Crippen LogP contribution in [-0.2, 0) is 16.0 Å². The van der Waals surface area contributed by atoms with Crippen molar-refractivity contribution in [1.82, 2.24) is 0 Å². The van der Waals surface area contributed by atoms with E-state index in [9.17, 15) is 9.00 Å². The predicted octanol–water partition coefficient (Wildman–Crippen LogP) is -0.182. The molecule has 0 bridgehead atoms. The summed E-state index contributed by atoms with van der Waals surface area (Å²) in [5.74, 6) is 0. The van der Waals surface area contributed by atoms with Crippen LogP contribution in [0.25, 0.3) is 0 Å². The minimum absolute atomic E-state index is 1.57. The molecule has 0 rings (SSSR count). The van der Waals surface area contributed by atoms with E-state index in [2.05, 4.69) is 4.89 Å². The number of hydrogen-bond donors (Lipinski definition) is 2. The Morgan fingerprint density at radius 1 is 1.71 bits per heavy atom. The first-order valence-electron chi connectivity index (χ1n) is 1.14. The van der Waals surface area contributed by atoms with Crippen LogP contribution in [0.15, 0.2) is 0 Å². The molecule has 0 heterocycles. The van der Waals surface area contributed by atoms with Crippen molar-refractivity contribution < 1.29 is 23.7 Å². The van der Waals surface area contributed by atoms with Crippen LogP contribution < -0.4 is 0 Å². The molecule has 0 radical (unpaired) electrons. The molecule has 5 nitrogen and oxygen atoms in total. The minimum Gasteiger partial charge on any atom is -0.297 e. The van der Waals surface area contributed by atoms with Crippen molar-refractivity contribution in [2.45, 2.75) is 0 Å². The molecule has 0 aliphatic rings. The third kappa shape index (κ3) is 2.26. The van der Waals surface area contributed by atoms with Gasteiger partial charge in [-0.25, -0.2) is 9.00 Å². The fourth-order valence-electron chi connectivity index (χ4n) is 0.0319. The fourth-order valence-corrected chi connectivity index (χ4v) is 0.0956. The van der Waals surface area contributed by atoms with Crippen LogP contribution in [-0.4, -0.2) is 19.3 Å². The van der Waals surface area contributed by atoms with E-state index in [4.69, 9.17) is 9.81 Å². The zero-order valence-electron chi connectivity index (χ0n) is 3.03. The topological polar surface area (TPSA) is 83.8 Å². The van der Waals surface area contributed by atoms with Gasteiger partial charge in [0, 0.05) is 0 Å². The summed E-state index contributed by atoms with van der Waals surface area (Å²) in [6.45, 7) is 0. The summed E-state index contributed by atoms with van der Waals surface area (Å²) in [6.07, 6.45) is 0. The Kier molecular flexibility index (Phi) is 2.49. The molecule has 0 fully saturated rings. The van der Waals surface area contributed by atoms with Crippen LogP contribution in [0.5, 0.6) is 0 Å². The Morgan fingerprint density at radius 2 is 2.14 bits per heavy atom. The number of rotatable bonds is 0. The lowest BCUT2D eigenvalue weighted by Crippen LogP contribution is -2.04. The molecule has 7 heavy (non-hydrogen) atoms. The predicted molar refractivity (Wildman–Crippen MR) is 19.9 cm³/mol. The first-order chi connectivity index (χ1) is 3.18. The highest BCUT2D eigenvalue weighted by Gasteiger charge is 2.07. The summed E-state index contributed by atoms with van der Waals surface area (Å²) in [5.41, 5.74) is 0. The van der Waals surface area contributed by atoms with Crippen LogP contribution in [0.3, 0.4) is 0 Å². The first-order valence-corrected chi connectivity index (χ1v) is 2.25. The summed E-state index contributed by atoms with van der Waals surface area (Å²) < 4.78 is 17.1. The largest absolute Gasteiger partial charge is 0.455 e. The van der Waals surface area contributed by atoms with Gasteiger partial charge in [0.2, 0.25) is 0 Å². The van der Waals surface area contributed by atoms with Gasteiger partial charge in [0.15, 0.2) is 0 Å². The van der Waals surface area contributed by atoms with E-state index in [-0.39, 0.29) is 0 Å².